The molecule has 0 saturated carbocycles. The van der Waals surface area contributed by atoms with Crippen LogP contribution in [0.1, 0.15) is 42.6 Å². The lowest BCUT2D eigenvalue weighted by Crippen LogP contribution is -2.13. The van der Waals surface area contributed by atoms with Crippen molar-refractivity contribution in [1.82, 2.24) is 15.0 Å². The number of nitrogens with zero attached hydrogens (tertiary/aromatic N) is 3. The van der Waals surface area contributed by atoms with Gasteiger partial charge in [-0.25, -0.2) is 0 Å². The third-order valence-corrected chi connectivity index (χ3v) is 4.71. The summed E-state index contributed by atoms with van der Waals surface area (Å²) in [5.41, 5.74) is 9.22. The number of carboxylic acid groups (broad SMARTS) is 1. The fourth-order valence-corrected chi connectivity index (χ4v) is 3.08. The average Bonchev–Trinajstić information content (AvgIpc) is 3.22. The first kappa shape index (κ1) is 21.0. The van der Waals surface area contributed by atoms with Gasteiger partial charge in [0.15, 0.2) is 5.69 Å². The van der Waals surface area contributed by atoms with Gasteiger partial charge in [-0.2, -0.15) is 0 Å². The van der Waals surface area contributed by atoms with Crippen molar-refractivity contribution in [3.63, 3.8) is 0 Å². The molecule has 3 aromatic rings. The SMILES string of the molecule is Nc1ccc(-c2ccccc2)cc1NC(=O)c1cn(CCCCCCC(=O)O)nn1. The standard InChI is InChI=1S/C22H25N5O3/c23-18-12-11-17(16-8-4-3-5-9-16)14-19(18)24-22(30)20-15-27(26-25-20)13-7-2-1-6-10-21(28)29/h3-5,8-9,11-12,14-15H,1-2,6-7,10,13,23H2,(H,24,30)(H,28,29). The second-order valence-electron chi connectivity index (χ2n) is 7.05. The van der Waals surface area contributed by atoms with Crippen LogP contribution in [0.25, 0.3) is 11.1 Å². The Balaban J connectivity index is 1.56. The molecule has 1 heterocycles. The van der Waals surface area contributed by atoms with E-state index < -0.39 is 5.97 Å². The minimum atomic E-state index is -0.767. The summed E-state index contributed by atoms with van der Waals surface area (Å²) in [6.45, 7) is 0.624. The molecule has 2 aromatic carbocycles. The van der Waals surface area contributed by atoms with E-state index in [1.54, 1.807) is 16.9 Å². The summed E-state index contributed by atoms with van der Waals surface area (Å²) >= 11 is 0. The third-order valence-electron chi connectivity index (χ3n) is 4.71. The topological polar surface area (TPSA) is 123 Å². The Morgan fingerprint density at radius 3 is 2.53 bits per heavy atom. The van der Waals surface area contributed by atoms with Crippen molar-refractivity contribution in [3.05, 3.63) is 60.4 Å². The molecule has 0 bridgehead atoms. The number of carbonyl (C=O) groups is 2. The first-order valence-corrected chi connectivity index (χ1v) is 9.91. The van der Waals surface area contributed by atoms with E-state index in [-0.39, 0.29) is 18.0 Å². The largest absolute Gasteiger partial charge is 0.481 e. The van der Waals surface area contributed by atoms with Gasteiger partial charge in [0.05, 0.1) is 17.6 Å². The van der Waals surface area contributed by atoms with Gasteiger partial charge in [0, 0.05) is 13.0 Å². The molecule has 1 aromatic heterocycles. The number of nitrogens with two attached hydrogens (primary N) is 1. The number of aliphatic carboxylic acids is 1. The molecule has 0 unspecified atom stereocenters. The molecule has 156 valence electrons. The number of nitrogens with one attached hydrogen (secondary N) is 1. The Morgan fingerprint density at radius 2 is 1.77 bits per heavy atom. The number of carbonyl (C=O) groups excluding carboxylic acids is 1. The van der Waals surface area contributed by atoms with Crippen molar-refractivity contribution in [2.24, 2.45) is 0 Å². The van der Waals surface area contributed by atoms with Crippen LogP contribution in [-0.4, -0.2) is 32.0 Å². The van der Waals surface area contributed by atoms with Gasteiger partial charge in [0.2, 0.25) is 0 Å². The lowest BCUT2D eigenvalue weighted by molar-refractivity contribution is -0.137. The molecular weight excluding hydrogens is 382 g/mol. The Hall–Kier alpha value is -3.68. The average molecular weight is 407 g/mol. The summed E-state index contributed by atoms with van der Waals surface area (Å²) in [7, 11) is 0. The van der Waals surface area contributed by atoms with E-state index in [9.17, 15) is 9.59 Å². The van der Waals surface area contributed by atoms with Crippen molar-refractivity contribution in [2.75, 3.05) is 11.1 Å². The number of amides is 1. The first-order chi connectivity index (χ1) is 14.5. The van der Waals surface area contributed by atoms with Gasteiger partial charge in [-0.05, 0) is 36.1 Å². The fraction of sp³-hybridized carbons (Fsp3) is 0.273. The Labute approximate surface area is 174 Å². The minimum Gasteiger partial charge on any atom is -0.481 e. The van der Waals surface area contributed by atoms with Crippen molar-refractivity contribution in [1.29, 1.82) is 0 Å². The van der Waals surface area contributed by atoms with Gasteiger partial charge < -0.3 is 16.2 Å². The highest BCUT2D eigenvalue weighted by Crippen LogP contribution is 2.27. The van der Waals surface area contributed by atoms with Crippen LogP contribution in [0.2, 0.25) is 0 Å². The quantitative estimate of drug-likeness (QED) is 0.347. The Morgan fingerprint density at radius 1 is 1.00 bits per heavy atom. The number of unbranched alkanes of at least 4 members (excludes halogenated alkanes) is 3. The number of aromatic nitrogens is 3. The molecule has 3 rings (SSSR count). The van der Waals surface area contributed by atoms with Crippen LogP contribution < -0.4 is 11.1 Å². The number of rotatable bonds is 10. The Kier molecular flexibility index (Phi) is 7.15. The summed E-state index contributed by atoms with van der Waals surface area (Å²) in [6, 6.07) is 15.3. The van der Waals surface area contributed by atoms with E-state index >= 15 is 0 Å². The summed E-state index contributed by atoms with van der Waals surface area (Å²) in [4.78, 5) is 23.1. The summed E-state index contributed by atoms with van der Waals surface area (Å²) in [5.74, 6) is -1.14. The van der Waals surface area contributed by atoms with Crippen molar-refractivity contribution in [3.8, 4) is 11.1 Å². The molecule has 30 heavy (non-hydrogen) atoms. The first-order valence-electron chi connectivity index (χ1n) is 9.91. The van der Waals surface area contributed by atoms with E-state index in [0.29, 0.717) is 24.3 Å². The molecule has 8 nitrogen and oxygen atoms in total. The molecule has 0 fully saturated rings. The molecule has 0 aliphatic heterocycles. The fourth-order valence-electron chi connectivity index (χ4n) is 3.08. The lowest BCUT2D eigenvalue weighted by atomic mass is 10.0. The third kappa shape index (κ3) is 5.91. The highest BCUT2D eigenvalue weighted by atomic mass is 16.4. The molecule has 0 spiro atoms. The molecule has 0 aliphatic carbocycles. The van der Waals surface area contributed by atoms with Gasteiger partial charge in [-0.3, -0.25) is 14.3 Å². The second-order valence-corrected chi connectivity index (χ2v) is 7.05. The van der Waals surface area contributed by atoms with Crippen LogP contribution in [0.4, 0.5) is 11.4 Å². The number of aryl methyl sites for hydroxylation is 1. The number of carboxylic acids is 1. The number of nitrogen functional groups attached to an aromatic ring is 1. The van der Waals surface area contributed by atoms with Crippen molar-refractivity contribution < 1.29 is 14.7 Å². The van der Waals surface area contributed by atoms with Crippen LogP contribution in [0.15, 0.2) is 54.7 Å². The smallest absolute Gasteiger partial charge is 0.303 e. The van der Waals surface area contributed by atoms with Crippen LogP contribution in [0.3, 0.4) is 0 Å². The molecule has 0 radical (unpaired) electrons. The predicted octanol–water partition coefficient (Wildman–Crippen LogP) is 3.81. The molecule has 1 amide bonds. The highest BCUT2D eigenvalue weighted by molar-refractivity contribution is 6.04. The van der Waals surface area contributed by atoms with Crippen molar-refractivity contribution >= 4 is 23.3 Å². The number of benzene rings is 2. The predicted molar refractivity (Wildman–Crippen MR) is 115 cm³/mol. The summed E-state index contributed by atoms with van der Waals surface area (Å²) < 4.78 is 1.62. The van der Waals surface area contributed by atoms with Gasteiger partial charge in [0.1, 0.15) is 0 Å². The zero-order chi connectivity index (χ0) is 21.3. The lowest BCUT2D eigenvalue weighted by Gasteiger charge is -2.09. The normalized spacial score (nSPS) is 10.7. The molecule has 0 atom stereocenters. The van der Waals surface area contributed by atoms with Gasteiger partial charge in [-0.15, -0.1) is 5.10 Å². The molecule has 0 saturated heterocycles. The minimum absolute atomic E-state index is 0.197. The molecule has 4 N–H and O–H groups in total. The van der Waals surface area contributed by atoms with E-state index in [1.807, 2.05) is 42.5 Å². The second kappa shape index (κ2) is 10.2. The maximum atomic E-state index is 12.6. The van der Waals surface area contributed by atoms with Crippen molar-refractivity contribution in [2.45, 2.75) is 38.6 Å². The van der Waals surface area contributed by atoms with E-state index in [4.69, 9.17) is 10.8 Å². The zero-order valence-electron chi connectivity index (χ0n) is 16.6. The van der Waals surface area contributed by atoms with Crippen LogP contribution in [0.5, 0.6) is 0 Å². The molecule has 0 aliphatic rings. The van der Waals surface area contributed by atoms with Gasteiger partial charge in [-0.1, -0.05) is 54.5 Å². The highest BCUT2D eigenvalue weighted by Gasteiger charge is 2.13. The maximum absolute atomic E-state index is 12.6. The number of hydrogen-bond donors (Lipinski definition) is 3. The van der Waals surface area contributed by atoms with Gasteiger partial charge >= 0.3 is 5.97 Å². The Bertz CT molecular complexity index is 1000. The van der Waals surface area contributed by atoms with E-state index in [2.05, 4.69) is 15.6 Å². The monoisotopic (exact) mass is 407 g/mol. The number of anilines is 2. The van der Waals surface area contributed by atoms with Crippen LogP contribution in [-0.2, 0) is 11.3 Å². The van der Waals surface area contributed by atoms with E-state index in [1.165, 1.54) is 0 Å². The summed E-state index contributed by atoms with van der Waals surface area (Å²) in [6.07, 6.45) is 5.06. The van der Waals surface area contributed by atoms with Crippen LogP contribution in [0, 0.1) is 0 Å². The van der Waals surface area contributed by atoms with E-state index in [0.717, 1.165) is 30.4 Å². The molecule has 8 heteroatoms. The van der Waals surface area contributed by atoms with Gasteiger partial charge in [0.25, 0.3) is 5.91 Å². The zero-order valence-corrected chi connectivity index (χ0v) is 16.6. The maximum Gasteiger partial charge on any atom is 0.303 e. The van der Waals surface area contributed by atoms with Crippen LogP contribution >= 0.6 is 0 Å². The summed E-state index contributed by atoms with van der Waals surface area (Å²) in [5, 5.41) is 19.4. The molecular formula is C22H25N5O3. The number of hydrogen-bond acceptors (Lipinski definition) is 5.